The van der Waals surface area contributed by atoms with Crippen LogP contribution in [0.1, 0.15) is 11.6 Å². The lowest BCUT2D eigenvalue weighted by Crippen LogP contribution is -2.21. The number of anilines is 1. The molecule has 0 amide bonds. The first-order valence-electron chi connectivity index (χ1n) is 3.94. The van der Waals surface area contributed by atoms with Gasteiger partial charge in [0.05, 0.1) is 12.8 Å². The van der Waals surface area contributed by atoms with Crippen LogP contribution in [0.25, 0.3) is 0 Å². The molecular weight excluding hydrogens is 168 g/mol. The molecule has 1 aromatic rings. The highest BCUT2D eigenvalue weighted by molar-refractivity contribution is 5.49. The molecule has 5 nitrogen and oxygen atoms in total. The average Bonchev–Trinajstić information content (AvgIpc) is 2.16. The van der Waals surface area contributed by atoms with E-state index in [1.54, 1.807) is 12.3 Å². The van der Waals surface area contributed by atoms with E-state index < -0.39 is 0 Å². The minimum absolute atomic E-state index is 0.222. The topological polar surface area (TPSA) is 100 Å². The van der Waals surface area contributed by atoms with Crippen LogP contribution < -0.4 is 21.9 Å². The molecule has 5 heteroatoms. The molecule has 13 heavy (non-hydrogen) atoms. The van der Waals surface area contributed by atoms with Crippen LogP contribution in [0.2, 0.25) is 0 Å². The second-order valence-electron chi connectivity index (χ2n) is 2.71. The van der Waals surface area contributed by atoms with Crippen LogP contribution in [0.4, 0.5) is 5.69 Å². The number of nitrogens with two attached hydrogens (primary N) is 3. The van der Waals surface area contributed by atoms with E-state index in [9.17, 15) is 0 Å². The van der Waals surface area contributed by atoms with Crippen molar-refractivity contribution in [2.75, 3.05) is 19.4 Å². The standard InChI is InChI=1S/C8H14N4O/c1-13-8-6(10)2-5(4-12-8)7(11)3-9/h2,4,7H,3,9-11H2,1H3. The van der Waals surface area contributed by atoms with Gasteiger partial charge in [-0.05, 0) is 11.6 Å². The van der Waals surface area contributed by atoms with Gasteiger partial charge in [0.25, 0.3) is 0 Å². The number of hydrogen-bond acceptors (Lipinski definition) is 5. The van der Waals surface area contributed by atoms with E-state index in [2.05, 4.69) is 4.98 Å². The zero-order valence-electron chi connectivity index (χ0n) is 7.53. The Bertz CT molecular complexity index is 289. The summed E-state index contributed by atoms with van der Waals surface area (Å²) in [6.45, 7) is 0.369. The Kier molecular flexibility index (Phi) is 3.05. The van der Waals surface area contributed by atoms with E-state index in [-0.39, 0.29) is 6.04 Å². The highest BCUT2D eigenvalue weighted by atomic mass is 16.5. The molecule has 6 N–H and O–H groups in total. The van der Waals surface area contributed by atoms with Gasteiger partial charge in [-0.1, -0.05) is 0 Å². The van der Waals surface area contributed by atoms with Gasteiger partial charge < -0.3 is 21.9 Å². The van der Waals surface area contributed by atoms with Gasteiger partial charge in [-0.3, -0.25) is 0 Å². The van der Waals surface area contributed by atoms with Gasteiger partial charge in [-0.15, -0.1) is 0 Å². The molecule has 0 fully saturated rings. The molecule has 0 aromatic carbocycles. The van der Waals surface area contributed by atoms with Crippen molar-refractivity contribution in [3.05, 3.63) is 17.8 Å². The molecule has 72 valence electrons. The van der Waals surface area contributed by atoms with E-state index in [1.807, 2.05) is 0 Å². The smallest absolute Gasteiger partial charge is 0.236 e. The van der Waals surface area contributed by atoms with Crippen molar-refractivity contribution in [2.45, 2.75) is 6.04 Å². The summed E-state index contributed by atoms with van der Waals surface area (Å²) in [5, 5.41) is 0. The molecule has 1 heterocycles. The Labute approximate surface area is 76.9 Å². The van der Waals surface area contributed by atoms with Crippen LogP contribution >= 0.6 is 0 Å². The largest absolute Gasteiger partial charge is 0.480 e. The van der Waals surface area contributed by atoms with Crippen molar-refractivity contribution in [3.8, 4) is 5.88 Å². The van der Waals surface area contributed by atoms with Gasteiger partial charge in [0.1, 0.15) is 0 Å². The van der Waals surface area contributed by atoms with Crippen LogP contribution in [-0.4, -0.2) is 18.6 Å². The Hall–Kier alpha value is -1.33. The Balaban J connectivity index is 2.95. The number of ether oxygens (including phenoxy) is 1. The van der Waals surface area contributed by atoms with Crippen LogP contribution in [0.3, 0.4) is 0 Å². The van der Waals surface area contributed by atoms with Crippen LogP contribution in [0.5, 0.6) is 5.88 Å². The fourth-order valence-electron chi connectivity index (χ4n) is 0.996. The summed E-state index contributed by atoms with van der Waals surface area (Å²) in [6.07, 6.45) is 1.62. The van der Waals surface area contributed by atoms with E-state index in [0.717, 1.165) is 5.56 Å². The fourth-order valence-corrected chi connectivity index (χ4v) is 0.996. The third-order valence-corrected chi connectivity index (χ3v) is 1.78. The summed E-state index contributed by atoms with van der Waals surface area (Å²) in [4.78, 5) is 3.98. The van der Waals surface area contributed by atoms with Gasteiger partial charge in [0, 0.05) is 18.8 Å². The minimum atomic E-state index is -0.222. The molecule has 0 saturated heterocycles. The highest BCUT2D eigenvalue weighted by Gasteiger charge is 2.07. The SMILES string of the molecule is COc1ncc(C(N)CN)cc1N. The molecule has 0 radical (unpaired) electrons. The first kappa shape index (κ1) is 9.76. The van der Waals surface area contributed by atoms with Crippen LogP contribution in [0.15, 0.2) is 12.3 Å². The van der Waals surface area contributed by atoms with Crippen molar-refractivity contribution in [1.82, 2.24) is 4.98 Å². The van der Waals surface area contributed by atoms with Gasteiger partial charge in [0.15, 0.2) is 0 Å². The number of nitrogen functional groups attached to an aromatic ring is 1. The number of nitrogens with zero attached hydrogens (tertiary/aromatic N) is 1. The zero-order chi connectivity index (χ0) is 9.84. The van der Waals surface area contributed by atoms with Crippen molar-refractivity contribution in [1.29, 1.82) is 0 Å². The molecule has 0 aliphatic carbocycles. The Morgan fingerprint density at radius 2 is 2.31 bits per heavy atom. The van der Waals surface area contributed by atoms with E-state index in [1.165, 1.54) is 7.11 Å². The maximum Gasteiger partial charge on any atom is 0.236 e. The molecular formula is C8H14N4O. The molecule has 0 saturated carbocycles. The molecule has 0 bridgehead atoms. The summed E-state index contributed by atoms with van der Waals surface area (Å²) in [5.41, 5.74) is 18.0. The maximum absolute atomic E-state index is 5.69. The lowest BCUT2D eigenvalue weighted by molar-refractivity contribution is 0.400. The Morgan fingerprint density at radius 3 is 2.77 bits per heavy atom. The van der Waals surface area contributed by atoms with Crippen molar-refractivity contribution in [3.63, 3.8) is 0 Å². The number of methoxy groups -OCH3 is 1. The summed E-state index contributed by atoms with van der Waals surface area (Å²) in [5.74, 6) is 0.410. The van der Waals surface area contributed by atoms with Gasteiger partial charge >= 0.3 is 0 Å². The summed E-state index contributed by atoms with van der Waals surface area (Å²) < 4.78 is 4.91. The van der Waals surface area contributed by atoms with Crippen LogP contribution in [0, 0.1) is 0 Å². The van der Waals surface area contributed by atoms with E-state index >= 15 is 0 Å². The molecule has 1 rings (SSSR count). The van der Waals surface area contributed by atoms with Crippen molar-refractivity contribution >= 4 is 5.69 Å². The van der Waals surface area contributed by atoms with Gasteiger partial charge in [-0.25, -0.2) is 4.98 Å². The number of aromatic nitrogens is 1. The second-order valence-corrected chi connectivity index (χ2v) is 2.71. The number of rotatable bonds is 3. The van der Waals surface area contributed by atoms with Gasteiger partial charge in [-0.2, -0.15) is 0 Å². The van der Waals surface area contributed by atoms with E-state index in [0.29, 0.717) is 18.1 Å². The van der Waals surface area contributed by atoms with Crippen molar-refractivity contribution in [2.24, 2.45) is 11.5 Å². The third kappa shape index (κ3) is 2.07. The molecule has 1 unspecified atom stereocenters. The lowest BCUT2D eigenvalue weighted by atomic mass is 10.1. The second kappa shape index (κ2) is 4.06. The van der Waals surface area contributed by atoms with E-state index in [4.69, 9.17) is 21.9 Å². The first-order chi connectivity index (χ1) is 6.19. The highest BCUT2D eigenvalue weighted by Crippen LogP contribution is 2.20. The first-order valence-corrected chi connectivity index (χ1v) is 3.94. The van der Waals surface area contributed by atoms with Gasteiger partial charge in [0.2, 0.25) is 5.88 Å². The summed E-state index contributed by atoms with van der Waals surface area (Å²) in [6, 6.07) is 1.50. The molecule has 0 spiro atoms. The normalized spacial score (nSPS) is 12.5. The minimum Gasteiger partial charge on any atom is -0.480 e. The third-order valence-electron chi connectivity index (χ3n) is 1.78. The molecule has 0 aliphatic heterocycles. The lowest BCUT2D eigenvalue weighted by Gasteiger charge is -2.10. The summed E-state index contributed by atoms with van der Waals surface area (Å²) >= 11 is 0. The summed E-state index contributed by atoms with van der Waals surface area (Å²) in [7, 11) is 1.52. The molecule has 1 atom stereocenters. The number of hydrogen-bond donors (Lipinski definition) is 3. The number of pyridine rings is 1. The maximum atomic E-state index is 5.69. The fraction of sp³-hybridized carbons (Fsp3) is 0.375. The quantitative estimate of drug-likeness (QED) is 0.592. The molecule has 1 aromatic heterocycles. The monoisotopic (exact) mass is 182 g/mol. The van der Waals surface area contributed by atoms with Crippen LogP contribution in [-0.2, 0) is 0 Å². The predicted molar refractivity (Wildman–Crippen MR) is 51.2 cm³/mol. The predicted octanol–water partition coefficient (Wildman–Crippen LogP) is -0.369. The average molecular weight is 182 g/mol. The zero-order valence-corrected chi connectivity index (χ0v) is 7.53. The Morgan fingerprint density at radius 1 is 1.62 bits per heavy atom. The van der Waals surface area contributed by atoms with Crippen molar-refractivity contribution < 1.29 is 4.74 Å². The molecule has 0 aliphatic rings.